The average Bonchev–Trinajstić information content (AvgIpc) is 3.16. The highest BCUT2D eigenvalue weighted by Gasteiger charge is 2.15. The maximum Gasteiger partial charge on any atom is 0.169 e. The molecule has 0 saturated carbocycles. The van der Waals surface area contributed by atoms with Crippen molar-refractivity contribution in [3.05, 3.63) is 71.3 Å². The summed E-state index contributed by atoms with van der Waals surface area (Å²) in [6, 6.07) is 14.0. The molecule has 0 radical (unpaired) electrons. The van der Waals surface area contributed by atoms with Gasteiger partial charge in [0.05, 0.1) is 0 Å². The van der Waals surface area contributed by atoms with Crippen molar-refractivity contribution >= 4 is 47.4 Å². The summed E-state index contributed by atoms with van der Waals surface area (Å²) in [5, 5.41) is 4.26. The van der Waals surface area contributed by atoms with Gasteiger partial charge in [-0.15, -0.1) is 0 Å². The lowest BCUT2D eigenvalue weighted by Crippen LogP contribution is -2.06. The zero-order valence-electron chi connectivity index (χ0n) is 20.7. The summed E-state index contributed by atoms with van der Waals surface area (Å²) in [5.74, 6) is 1.87. The average molecular weight is 474 g/mol. The van der Waals surface area contributed by atoms with Gasteiger partial charge in [0.15, 0.2) is 17.0 Å². The summed E-state index contributed by atoms with van der Waals surface area (Å²) in [7, 11) is -2.30. The standard InChI is InChI=1S/C27H32N5OP/c1-18(2)16-24-30-26(29-21-10-12-22(13-11-21)34(5,6)33)25-27(31-24)32(17-28-25)15-14-23-19(3)8-7-9-20(23)4/h7-15,17-18H,16H2,1-6H3,(H,29,30,31). The summed E-state index contributed by atoms with van der Waals surface area (Å²) >= 11 is 0. The number of hydrogen-bond acceptors (Lipinski definition) is 5. The van der Waals surface area contributed by atoms with Crippen LogP contribution in [0.2, 0.25) is 0 Å². The molecule has 2 heterocycles. The lowest BCUT2D eigenvalue weighted by Gasteiger charge is -2.12. The molecule has 0 aliphatic carbocycles. The molecule has 0 amide bonds. The molecule has 7 heteroatoms. The van der Waals surface area contributed by atoms with Gasteiger partial charge in [0.1, 0.15) is 19.3 Å². The number of fused-ring (bicyclic) bond motifs is 1. The molecule has 0 bridgehead atoms. The second kappa shape index (κ2) is 9.55. The van der Waals surface area contributed by atoms with E-state index in [0.717, 1.165) is 28.9 Å². The van der Waals surface area contributed by atoms with E-state index in [1.54, 1.807) is 19.7 Å². The molecule has 34 heavy (non-hydrogen) atoms. The maximum atomic E-state index is 12.4. The van der Waals surface area contributed by atoms with E-state index in [2.05, 4.69) is 62.3 Å². The Kier molecular flexibility index (Phi) is 6.72. The largest absolute Gasteiger partial charge is 0.338 e. The van der Waals surface area contributed by atoms with Crippen LogP contribution in [0, 0.1) is 19.8 Å². The van der Waals surface area contributed by atoms with E-state index in [1.807, 2.05) is 35.0 Å². The summed E-state index contributed by atoms with van der Waals surface area (Å²) < 4.78 is 14.3. The summed E-state index contributed by atoms with van der Waals surface area (Å²) in [6.45, 7) is 12.1. The van der Waals surface area contributed by atoms with Crippen molar-refractivity contribution in [3.8, 4) is 0 Å². The molecule has 0 aliphatic heterocycles. The molecule has 4 rings (SSSR count). The molecule has 0 atom stereocenters. The summed E-state index contributed by atoms with van der Waals surface area (Å²) in [5.41, 5.74) is 5.99. The van der Waals surface area contributed by atoms with Crippen LogP contribution in [-0.2, 0) is 11.0 Å². The second-order valence-corrected chi connectivity index (χ2v) is 12.8. The molecule has 176 valence electrons. The summed E-state index contributed by atoms with van der Waals surface area (Å²) in [4.78, 5) is 14.3. The van der Waals surface area contributed by atoms with Crippen molar-refractivity contribution in [1.82, 2.24) is 19.5 Å². The third-order valence-electron chi connectivity index (χ3n) is 5.75. The van der Waals surface area contributed by atoms with Crippen molar-refractivity contribution in [1.29, 1.82) is 0 Å². The summed E-state index contributed by atoms with van der Waals surface area (Å²) in [6.07, 6.45) is 6.66. The number of nitrogens with zero attached hydrogens (tertiary/aromatic N) is 4. The molecule has 1 N–H and O–H groups in total. The molecule has 6 nitrogen and oxygen atoms in total. The normalized spacial score (nSPS) is 12.2. The van der Waals surface area contributed by atoms with E-state index in [0.29, 0.717) is 17.3 Å². The van der Waals surface area contributed by atoms with Gasteiger partial charge < -0.3 is 9.88 Å². The van der Waals surface area contributed by atoms with E-state index < -0.39 is 7.14 Å². The Balaban J connectivity index is 1.74. The SMILES string of the molecule is Cc1cccc(C)c1C=Cn1cnc2c(Nc3ccc(P(C)(C)=O)cc3)nc(CC(C)C)nc21. The van der Waals surface area contributed by atoms with Crippen LogP contribution >= 0.6 is 7.14 Å². The monoisotopic (exact) mass is 473 g/mol. The van der Waals surface area contributed by atoms with Crippen molar-refractivity contribution in [2.75, 3.05) is 18.6 Å². The number of anilines is 2. The predicted octanol–water partition coefficient (Wildman–Crippen LogP) is 6.26. The maximum absolute atomic E-state index is 12.4. The van der Waals surface area contributed by atoms with E-state index in [9.17, 15) is 4.57 Å². The molecule has 0 fully saturated rings. The van der Waals surface area contributed by atoms with Crippen LogP contribution < -0.4 is 10.6 Å². The van der Waals surface area contributed by atoms with E-state index in [4.69, 9.17) is 9.97 Å². The van der Waals surface area contributed by atoms with Gasteiger partial charge >= 0.3 is 0 Å². The number of rotatable bonds is 7. The van der Waals surface area contributed by atoms with Crippen LogP contribution in [0.3, 0.4) is 0 Å². The quantitative estimate of drug-likeness (QED) is 0.321. The number of benzene rings is 2. The number of imidazole rings is 1. The highest BCUT2D eigenvalue weighted by atomic mass is 31.2. The second-order valence-electron chi connectivity index (χ2n) is 9.55. The van der Waals surface area contributed by atoms with Crippen LogP contribution in [0.5, 0.6) is 0 Å². The molecule has 0 unspecified atom stereocenters. The van der Waals surface area contributed by atoms with Crippen LogP contribution in [0.1, 0.15) is 36.4 Å². The first kappa shape index (κ1) is 23.9. The van der Waals surface area contributed by atoms with Gasteiger partial charge in [-0.3, -0.25) is 4.57 Å². The number of aryl methyl sites for hydroxylation is 2. The van der Waals surface area contributed by atoms with Crippen LogP contribution in [-0.4, -0.2) is 32.8 Å². The Morgan fingerprint density at radius 1 is 1.03 bits per heavy atom. The van der Waals surface area contributed by atoms with E-state index in [1.165, 1.54) is 16.7 Å². The Morgan fingerprint density at radius 3 is 2.32 bits per heavy atom. The minimum atomic E-state index is -2.30. The van der Waals surface area contributed by atoms with Gasteiger partial charge in [-0.2, -0.15) is 0 Å². The zero-order valence-corrected chi connectivity index (χ0v) is 21.6. The molecule has 2 aromatic carbocycles. The lowest BCUT2D eigenvalue weighted by molar-refractivity contribution is 0.588. The highest BCUT2D eigenvalue weighted by Crippen LogP contribution is 2.35. The molecule has 0 saturated heterocycles. The number of hydrogen-bond donors (Lipinski definition) is 1. The smallest absolute Gasteiger partial charge is 0.169 e. The molecular weight excluding hydrogens is 441 g/mol. The first-order chi connectivity index (χ1) is 16.1. The van der Waals surface area contributed by atoms with Gasteiger partial charge in [0.25, 0.3) is 0 Å². The molecular formula is C27H32N5OP. The first-order valence-electron chi connectivity index (χ1n) is 11.5. The number of aromatic nitrogens is 4. The molecule has 2 aromatic heterocycles. The van der Waals surface area contributed by atoms with Crippen molar-refractivity contribution < 1.29 is 4.57 Å². The fraction of sp³-hybridized carbons (Fsp3) is 0.296. The van der Waals surface area contributed by atoms with Crippen molar-refractivity contribution in [3.63, 3.8) is 0 Å². The van der Waals surface area contributed by atoms with Gasteiger partial charge in [-0.1, -0.05) is 32.0 Å². The van der Waals surface area contributed by atoms with Gasteiger partial charge in [-0.05, 0) is 80.1 Å². The van der Waals surface area contributed by atoms with E-state index in [-0.39, 0.29) is 0 Å². The fourth-order valence-electron chi connectivity index (χ4n) is 3.90. The van der Waals surface area contributed by atoms with Crippen molar-refractivity contribution in [2.45, 2.75) is 34.1 Å². The fourth-order valence-corrected chi connectivity index (χ4v) is 4.77. The van der Waals surface area contributed by atoms with Gasteiger partial charge in [0, 0.05) is 23.6 Å². The highest BCUT2D eigenvalue weighted by molar-refractivity contribution is 7.70. The van der Waals surface area contributed by atoms with Crippen LogP contribution in [0.25, 0.3) is 23.4 Å². The third kappa shape index (κ3) is 5.28. The predicted molar refractivity (Wildman–Crippen MR) is 144 cm³/mol. The molecule has 4 aromatic rings. The van der Waals surface area contributed by atoms with E-state index >= 15 is 0 Å². The Labute approximate surface area is 201 Å². The first-order valence-corrected chi connectivity index (χ1v) is 14.1. The van der Waals surface area contributed by atoms with Gasteiger partial charge in [0.2, 0.25) is 0 Å². The third-order valence-corrected chi connectivity index (χ3v) is 7.30. The molecule has 0 spiro atoms. The lowest BCUT2D eigenvalue weighted by atomic mass is 10.0. The van der Waals surface area contributed by atoms with Crippen molar-refractivity contribution in [2.24, 2.45) is 5.92 Å². The number of nitrogens with one attached hydrogen (secondary N) is 1. The topological polar surface area (TPSA) is 72.7 Å². The minimum absolute atomic E-state index is 0.425. The molecule has 0 aliphatic rings. The minimum Gasteiger partial charge on any atom is -0.338 e. The van der Waals surface area contributed by atoms with Gasteiger partial charge in [-0.25, -0.2) is 15.0 Å². The Morgan fingerprint density at radius 2 is 1.71 bits per heavy atom. The Hall–Kier alpha value is -3.24. The van der Waals surface area contributed by atoms with Crippen LogP contribution in [0.15, 0.2) is 48.8 Å². The van der Waals surface area contributed by atoms with Crippen LogP contribution in [0.4, 0.5) is 11.5 Å². The zero-order chi connectivity index (χ0) is 24.5. The Bertz CT molecular complexity index is 1380.